The number of phenols is 1. The van der Waals surface area contributed by atoms with Gasteiger partial charge in [-0.3, -0.25) is 19.7 Å². The lowest BCUT2D eigenvalue weighted by molar-refractivity contribution is 0.221. The molecule has 0 unspecified atom stereocenters. The summed E-state index contributed by atoms with van der Waals surface area (Å²) in [5.41, 5.74) is 3.74. The van der Waals surface area contributed by atoms with Gasteiger partial charge in [0.15, 0.2) is 0 Å². The van der Waals surface area contributed by atoms with Gasteiger partial charge in [0.25, 0.3) is 5.56 Å². The van der Waals surface area contributed by atoms with Crippen molar-refractivity contribution >= 4 is 22.7 Å². The summed E-state index contributed by atoms with van der Waals surface area (Å²) in [6.45, 7) is 3.26. The van der Waals surface area contributed by atoms with E-state index in [4.69, 9.17) is 0 Å². The lowest BCUT2D eigenvalue weighted by atomic mass is 9.99. The molecule has 172 valence electrons. The second-order valence-electron chi connectivity index (χ2n) is 8.79. The maximum Gasteiger partial charge on any atom is 0.258 e. The Bertz CT molecular complexity index is 1400. The van der Waals surface area contributed by atoms with Gasteiger partial charge < -0.3 is 10.2 Å². The van der Waals surface area contributed by atoms with E-state index in [1.807, 2.05) is 30.3 Å². The molecule has 3 N–H and O–H groups in total. The van der Waals surface area contributed by atoms with Gasteiger partial charge in [0, 0.05) is 23.5 Å². The molecule has 6 nitrogen and oxygen atoms in total. The number of rotatable bonds is 5. The highest BCUT2D eigenvalue weighted by Gasteiger charge is 2.12. The fraction of sp³-hybridized carbons (Fsp3) is 0.214. The summed E-state index contributed by atoms with van der Waals surface area (Å²) >= 11 is 0. The van der Waals surface area contributed by atoms with Gasteiger partial charge in [-0.1, -0.05) is 36.8 Å². The molecule has 1 saturated heterocycles. The monoisotopic (exact) mass is 453 g/mol. The van der Waals surface area contributed by atoms with Crippen LogP contribution in [0.15, 0.2) is 76.5 Å². The smallest absolute Gasteiger partial charge is 0.258 e. The lowest BCUT2D eigenvalue weighted by Gasteiger charge is -2.26. The Morgan fingerprint density at radius 2 is 1.65 bits per heavy atom. The molecule has 3 aromatic carbocycles. The number of pyridine rings is 1. The number of H-pyrrole nitrogens is 1. The van der Waals surface area contributed by atoms with Crippen molar-refractivity contribution in [2.75, 3.05) is 13.1 Å². The van der Waals surface area contributed by atoms with Gasteiger partial charge in [-0.15, -0.1) is 0 Å². The van der Waals surface area contributed by atoms with Crippen LogP contribution in [0, 0.1) is 0 Å². The average Bonchev–Trinajstić information content (AvgIpc) is 2.85. The van der Waals surface area contributed by atoms with Gasteiger partial charge in [0.2, 0.25) is 5.88 Å². The third-order valence-corrected chi connectivity index (χ3v) is 6.35. The number of aromatic amines is 1. The Balaban J connectivity index is 1.45. The number of piperidine rings is 1. The summed E-state index contributed by atoms with van der Waals surface area (Å²) in [6.07, 6.45) is 5.45. The SMILES string of the molecule is O=c1[nH]c(O)c(C=Nc2ccc(CN3CCCCC3)cc2)c2cc(-c3cccc(O)c3)ccc12. The molecule has 2 heterocycles. The van der Waals surface area contributed by atoms with Crippen molar-refractivity contribution in [3.05, 3.63) is 88.2 Å². The van der Waals surface area contributed by atoms with Crippen LogP contribution in [0.1, 0.15) is 30.4 Å². The standard InChI is InChI=1S/C28H27N3O3/c32-23-6-4-5-20(15-23)21-9-12-24-25(16-21)26(28(34)30-27(24)33)17-29-22-10-7-19(8-11-22)18-31-13-2-1-3-14-31/h4-12,15-17,32H,1-3,13-14,18H2,(H2,30,33,34). The molecular weight excluding hydrogens is 426 g/mol. The van der Waals surface area contributed by atoms with E-state index in [1.54, 1.807) is 30.5 Å². The molecule has 1 aliphatic rings. The summed E-state index contributed by atoms with van der Waals surface area (Å²) in [4.78, 5) is 22.0. The minimum Gasteiger partial charge on any atom is -0.508 e. The summed E-state index contributed by atoms with van der Waals surface area (Å²) in [5.74, 6) is -0.0621. The van der Waals surface area contributed by atoms with Crippen LogP contribution in [-0.4, -0.2) is 39.4 Å². The molecule has 1 aromatic heterocycles. The second-order valence-corrected chi connectivity index (χ2v) is 8.79. The summed E-state index contributed by atoms with van der Waals surface area (Å²) in [5, 5.41) is 21.4. The van der Waals surface area contributed by atoms with E-state index in [9.17, 15) is 15.0 Å². The fourth-order valence-corrected chi connectivity index (χ4v) is 4.53. The zero-order valence-electron chi connectivity index (χ0n) is 18.9. The molecule has 5 rings (SSSR count). The molecule has 0 saturated carbocycles. The molecule has 0 atom stereocenters. The Labute approximate surface area is 197 Å². The first-order chi connectivity index (χ1) is 16.6. The molecule has 1 fully saturated rings. The second kappa shape index (κ2) is 9.53. The molecule has 0 amide bonds. The van der Waals surface area contributed by atoms with Crippen molar-refractivity contribution < 1.29 is 10.2 Å². The normalized spacial score (nSPS) is 14.7. The Hall–Kier alpha value is -3.90. The number of hydrogen-bond donors (Lipinski definition) is 3. The van der Waals surface area contributed by atoms with Crippen molar-refractivity contribution in [2.45, 2.75) is 25.8 Å². The quantitative estimate of drug-likeness (QED) is 0.356. The zero-order valence-corrected chi connectivity index (χ0v) is 18.9. The third-order valence-electron chi connectivity index (χ3n) is 6.35. The summed E-state index contributed by atoms with van der Waals surface area (Å²) in [6, 6.07) is 20.4. The summed E-state index contributed by atoms with van der Waals surface area (Å²) < 4.78 is 0. The van der Waals surface area contributed by atoms with Crippen molar-refractivity contribution in [1.29, 1.82) is 0 Å². The summed E-state index contributed by atoms with van der Waals surface area (Å²) in [7, 11) is 0. The minimum absolute atomic E-state index is 0.164. The number of aromatic nitrogens is 1. The molecule has 0 radical (unpaired) electrons. The number of nitrogens with zero attached hydrogens (tertiary/aromatic N) is 2. The number of benzene rings is 3. The molecule has 1 aliphatic heterocycles. The number of aliphatic imine (C=N–C) groups is 1. The first kappa shape index (κ1) is 21.9. The highest BCUT2D eigenvalue weighted by molar-refractivity contribution is 6.03. The predicted octanol–water partition coefficient (Wildman–Crippen LogP) is 5.34. The lowest BCUT2D eigenvalue weighted by Crippen LogP contribution is -2.28. The topological polar surface area (TPSA) is 88.9 Å². The largest absolute Gasteiger partial charge is 0.508 e. The third kappa shape index (κ3) is 4.72. The highest BCUT2D eigenvalue weighted by Crippen LogP contribution is 2.29. The number of nitrogens with one attached hydrogen (secondary N) is 1. The first-order valence-corrected chi connectivity index (χ1v) is 11.6. The van der Waals surface area contributed by atoms with Crippen molar-refractivity contribution in [3.8, 4) is 22.8 Å². The van der Waals surface area contributed by atoms with Crippen LogP contribution >= 0.6 is 0 Å². The van der Waals surface area contributed by atoms with Crippen molar-refractivity contribution in [2.24, 2.45) is 4.99 Å². The molecule has 0 aliphatic carbocycles. The van der Waals surface area contributed by atoms with Gasteiger partial charge in [0.1, 0.15) is 5.75 Å². The van der Waals surface area contributed by atoms with E-state index in [0.717, 1.165) is 36.4 Å². The van der Waals surface area contributed by atoms with Crippen LogP contribution in [0.5, 0.6) is 11.6 Å². The maximum atomic E-state index is 12.4. The van der Waals surface area contributed by atoms with Gasteiger partial charge >= 0.3 is 0 Å². The van der Waals surface area contributed by atoms with Gasteiger partial charge in [-0.25, -0.2) is 0 Å². The minimum atomic E-state index is -0.367. The molecule has 4 aromatic rings. The molecule has 6 heteroatoms. The average molecular weight is 454 g/mol. The van der Waals surface area contributed by atoms with Crippen LogP contribution < -0.4 is 5.56 Å². The fourth-order valence-electron chi connectivity index (χ4n) is 4.53. The Morgan fingerprint density at radius 1 is 0.882 bits per heavy atom. The number of fused-ring (bicyclic) bond motifs is 1. The molecule has 34 heavy (non-hydrogen) atoms. The van der Waals surface area contributed by atoms with Crippen molar-refractivity contribution in [3.63, 3.8) is 0 Å². The Kier molecular flexibility index (Phi) is 6.14. The van der Waals surface area contributed by atoms with Crippen LogP contribution in [0.4, 0.5) is 5.69 Å². The molecule has 0 spiro atoms. The van der Waals surface area contributed by atoms with Gasteiger partial charge in [-0.2, -0.15) is 0 Å². The number of hydrogen-bond acceptors (Lipinski definition) is 5. The molecular formula is C28H27N3O3. The van der Waals surface area contributed by atoms with E-state index in [0.29, 0.717) is 16.3 Å². The number of aromatic hydroxyl groups is 2. The van der Waals surface area contributed by atoms with Crippen LogP contribution in [-0.2, 0) is 6.54 Å². The van der Waals surface area contributed by atoms with E-state index < -0.39 is 0 Å². The zero-order chi connectivity index (χ0) is 23.5. The highest BCUT2D eigenvalue weighted by atomic mass is 16.3. The predicted molar refractivity (Wildman–Crippen MR) is 136 cm³/mol. The number of likely N-dealkylation sites (tertiary alicyclic amines) is 1. The van der Waals surface area contributed by atoms with E-state index in [1.165, 1.54) is 24.8 Å². The van der Waals surface area contributed by atoms with E-state index in [2.05, 4.69) is 27.0 Å². The maximum absolute atomic E-state index is 12.4. The van der Waals surface area contributed by atoms with E-state index >= 15 is 0 Å². The van der Waals surface area contributed by atoms with Crippen LogP contribution in [0.3, 0.4) is 0 Å². The van der Waals surface area contributed by atoms with Crippen LogP contribution in [0.25, 0.3) is 21.9 Å². The number of phenolic OH excluding ortho intramolecular Hbond substituents is 1. The van der Waals surface area contributed by atoms with Crippen LogP contribution in [0.2, 0.25) is 0 Å². The van der Waals surface area contributed by atoms with Gasteiger partial charge in [-0.05, 0) is 79.0 Å². The Morgan fingerprint density at radius 3 is 2.41 bits per heavy atom. The van der Waals surface area contributed by atoms with Gasteiger partial charge in [0.05, 0.1) is 11.3 Å². The van der Waals surface area contributed by atoms with E-state index in [-0.39, 0.29) is 17.2 Å². The first-order valence-electron chi connectivity index (χ1n) is 11.6. The molecule has 0 bridgehead atoms. The van der Waals surface area contributed by atoms with Crippen molar-refractivity contribution in [1.82, 2.24) is 9.88 Å².